The molecule has 0 aliphatic heterocycles. The summed E-state index contributed by atoms with van der Waals surface area (Å²) in [7, 11) is 0. The van der Waals surface area contributed by atoms with Crippen molar-refractivity contribution in [3.8, 4) is 0 Å². The maximum atomic E-state index is 13.9. The Morgan fingerprint density at radius 2 is 2.16 bits per heavy atom. The number of H-pyrrole nitrogens is 1. The Bertz CT molecular complexity index is 1040. The lowest BCUT2D eigenvalue weighted by Gasteiger charge is -2.14. The largest absolute Gasteiger partial charge is 0.364 e. The van der Waals surface area contributed by atoms with Gasteiger partial charge >= 0.3 is 0 Å². The number of halogens is 2. The third-order valence-electron chi connectivity index (χ3n) is 3.62. The molecule has 3 rings (SSSR count). The van der Waals surface area contributed by atoms with Crippen molar-refractivity contribution in [2.75, 3.05) is 5.32 Å². The van der Waals surface area contributed by atoms with E-state index in [1.54, 1.807) is 19.1 Å². The minimum absolute atomic E-state index is 0.0472. The minimum atomic E-state index is -0.688. The number of rotatable bonds is 4. The van der Waals surface area contributed by atoms with Crippen LogP contribution in [0.3, 0.4) is 0 Å². The molecule has 4 N–H and O–H groups in total. The third-order valence-corrected chi connectivity index (χ3v) is 3.84. The Hall–Kier alpha value is -3.00. The van der Waals surface area contributed by atoms with Gasteiger partial charge in [-0.15, -0.1) is 0 Å². The number of carbonyl (C=O) groups excluding carboxylic acids is 1. The zero-order valence-electron chi connectivity index (χ0n) is 13.0. The normalized spacial score (nSPS) is 12.1. The van der Waals surface area contributed by atoms with Gasteiger partial charge in [0.1, 0.15) is 11.5 Å². The molecule has 0 bridgehead atoms. The van der Waals surface area contributed by atoms with Gasteiger partial charge in [-0.1, -0.05) is 11.6 Å². The smallest absolute Gasteiger partial charge is 0.267 e. The number of pyridine rings is 1. The molecular weight excluding hydrogens is 349 g/mol. The molecule has 2 heterocycles. The van der Waals surface area contributed by atoms with Crippen molar-refractivity contribution >= 4 is 34.4 Å². The second-order valence-corrected chi connectivity index (χ2v) is 5.84. The van der Waals surface area contributed by atoms with E-state index in [-0.39, 0.29) is 22.2 Å². The first-order chi connectivity index (χ1) is 11.8. The average molecular weight is 362 g/mol. The monoisotopic (exact) mass is 361 g/mol. The summed E-state index contributed by atoms with van der Waals surface area (Å²) in [6.45, 7) is 1.71. The molecule has 0 spiro atoms. The van der Waals surface area contributed by atoms with E-state index >= 15 is 0 Å². The first-order valence-corrected chi connectivity index (χ1v) is 7.64. The van der Waals surface area contributed by atoms with Gasteiger partial charge in [-0.25, -0.2) is 14.4 Å². The number of hydrogen-bond acceptors (Lipinski definition) is 5. The second-order valence-electron chi connectivity index (χ2n) is 5.40. The molecule has 1 amide bonds. The number of amides is 1. The molecule has 0 radical (unpaired) electrons. The van der Waals surface area contributed by atoms with Crippen LogP contribution in [-0.2, 0) is 0 Å². The predicted molar refractivity (Wildman–Crippen MR) is 92.1 cm³/mol. The molecule has 0 aliphatic carbocycles. The molecule has 1 atom stereocenters. The van der Waals surface area contributed by atoms with Gasteiger partial charge in [-0.2, -0.15) is 0 Å². The van der Waals surface area contributed by atoms with Gasteiger partial charge < -0.3 is 16.0 Å². The lowest BCUT2D eigenvalue weighted by atomic mass is 10.1. The lowest BCUT2D eigenvalue weighted by molar-refractivity contribution is 0.0995. The van der Waals surface area contributed by atoms with Crippen molar-refractivity contribution in [2.24, 2.45) is 5.73 Å². The average Bonchev–Trinajstić information content (AvgIpc) is 2.55. The Morgan fingerprint density at radius 3 is 2.88 bits per heavy atom. The van der Waals surface area contributed by atoms with Crippen LogP contribution in [0.25, 0.3) is 10.9 Å². The quantitative estimate of drug-likeness (QED) is 0.660. The van der Waals surface area contributed by atoms with Crippen molar-refractivity contribution in [2.45, 2.75) is 13.0 Å². The molecule has 7 nitrogen and oxygen atoms in total. The topological polar surface area (TPSA) is 114 Å². The minimum Gasteiger partial charge on any atom is -0.364 e. The lowest BCUT2D eigenvalue weighted by Crippen LogP contribution is -2.21. The highest BCUT2D eigenvalue weighted by Crippen LogP contribution is 2.23. The summed E-state index contributed by atoms with van der Waals surface area (Å²) in [4.78, 5) is 33.9. The molecule has 2 aromatic heterocycles. The molecule has 1 aromatic carbocycles. The van der Waals surface area contributed by atoms with Gasteiger partial charge in [0.2, 0.25) is 5.95 Å². The van der Waals surface area contributed by atoms with Crippen molar-refractivity contribution in [1.82, 2.24) is 15.0 Å². The van der Waals surface area contributed by atoms with E-state index in [1.807, 2.05) is 0 Å². The molecule has 0 unspecified atom stereocenters. The van der Waals surface area contributed by atoms with Gasteiger partial charge in [0, 0.05) is 22.2 Å². The van der Waals surface area contributed by atoms with Crippen LogP contribution in [0.5, 0.6) is 0 Å². The van der Waals surface area contributed by atoms with Crippen LogP contribution in [0.2, 0.25) is 5.02 Å². The first kappa shape index (κ1) is 16.8. The van der Waals surface area contributed by atoms with Crippen LogP contribution in [0.1, 0.15) is 29.0 Å². The molecular formula is C16H13ClFN5O2. The van der Waals surface area contributed by atoms with Crippen LogP contribution in [-0.4, -0.2) is 20.9 Å². The summed E-state index contributed by atoms with van der Waals surface area (Å²) in [5.41, 5.74) is 5.18. The van der Waals surface area contributed by atoms with Crippen LogP contribution < -0.4 is 16.6 Å². The zero-order chi connectivity index (χ0) is 18.1. The summed E-state index contributed by atoms with van der Waals surface area (Å²) in [5.74, 6) is -1.16. The number of carbonyl (C=O) groups is 1. The summed E-state index contributed by atoms with van der Waals surface area (Å²) in [6, 6.07) is 5.09. The Balaban J connectivity index is 1.98. The number of primary amides is 1. The Morgan fingerprint density at radius 1 is 1.40 bits per heavy atom. The van der Waals surface area contributed by atoms with E-state index in [2.05, 4.69) is 20.3 Å². The zero-order valence-corrected chi connectivity index (χ0v) is 13.8. The van der Waals surface area contributed by atoms with Crippen LogP contribution in [0, 0.1) is 5.82 Å². The molecule has 9 heteroatoms. The predicted octanol–water partition coefficient (Wildman–Crippen LogP) is 2.38. The van der Waals surface area contributed by atoms with E-state index in [1.165, 1.54) is 12.3 Å². The van der Waals surface area contributed by atoms with E-state index in [4.69, 9.17) is 17.3 Å². The van der Waals surface area contributed by atoms with Gasteiger partial charge in [0.25, 0.3) is 11.5 Å². The fraction of sp³-hybridized carbons (Fsp3) is 0.125. The molecule has 0 fully saturated rings. The number of nitrogens with two attached hydrogens (primary N) is 1. The van der Waals surface area contributed by atoms with Crippen LogP contribution >= 0.6 is 11.6 Å². The van der Waals surface area contributed by atoms with E-state index in [9.17, 15) is 14.0 Å². The Kier molecular flexibility index (Phi) is 4.37. The van der Waals surface area contributed by atoms with Gasteiger partial charge in [0.15, 0.2) is 0 Å². The fourth-order valence-electron chi connectivity index (χ4n) is 2.42. The highest BCUT2D eigenvalue weighted by atomic mass is 35.5. The molecule has 0 saturated heterocycles. The summed E-state index contributed by atoms with van der Waals surface area (Å²) >= 11 is 5.86. The van der Waals surface area contributed by atoms with Crippen molar-refractivity contribution in [1.29, 1.82) is 0 Å². The van der Waals surface area contributed by atoms with Gasteiger partial charge in [-0.05, 0) is 31.2 Å². The van der Waals surface area contributed by atoms with Crippen LogP contribution in [0.4, 0.5) is 10.3 Å². The maximum absolute atomic E-state index is 13.9. The van der Waals surface area contributed by atoms with Gasteiger partial charge in [-0.3, -0.25) is 9.59 Å². The number of anilines is 1. The first-order valence-electron chi connectivity index (χ1n) is 7.26. The number of benzene rings is 1. The van der Waals surface area contributed by atoms with Crippen molar-refractivity contribution in [3.05, 3.63) is 62.9 Å². The molecule has 0 aliphatic rings. The van der Waals surface area contributed by atoms with Crippen molar-refractivity contribution < 1.29 is 9.18 Å². The summed E-state index contributed by atoms with van der Waals surface area (Å²) < 4.78 is 13.9. The third kappa shape index (κ3) is 3.43. The molecule has 3 aromatic rings. The SMILES string of the molecule is C[C@H](Nc1nccc(C(N)=O)n1)c1cc2cc(Cl)cc(F)c2[nH]c1=O. The number of hydrogen-bond donors (Lipinski definition) is 3. The number of aromatic amines is 1. The maximum Gasteiger partial charge on any atom is 0.267 e. The fourth-order valence-corrected chi connectivity index (χ4v) is 2.63. The number of nitrogens with zero attached hydrogens (tertiary/aromatic N) is 2. The van der Waals surface area contributed by atoms with Crippen molar-refractivity contribution in [3.63, 3.8) is 0 Å². The number of aromatic nitrogens is 3. The summed E-state index contributed by atoms with van der Waals surface area (Å²) in [5, 5.41) is 3.59. The number of nitrogens with one attached hydrogen (secondary N) is 2. The van der Waals surface area contributed by atoms with E-state index in [0.29, 0.717) is 10.9 Å². The number of fused-ring (bicyclic) bond motifs is 1. The highest BCUT2D eigenvalue weighted by molar-refractivity contribution is 6.31. The van der Waals surface area contributed by atoms with Crippen LogP contribution in [0.15, 0.2) is 35.3 Å². The Labute approximate surface area is 146 Å². The van der Waals surface area contributed by atoms with E-state index < -0.39 is 23.3 Å². The highest BCUT2D eigenvalue weighted by Gasteiger charge is 2.15. The summed E-state index contributed by atoms with van der Waals surface area (Å²) in [6.07, 6.45) is 1.38. The molecule has 128 valence electrons. The standard InChI is InChI=1S/C16H13ClFN5O2/c1-7(21-16-20-3-2-12(22-16)14(19)24)10-5-8-4-9(17)6-11(18)13(8)23-15(10)25/h2-7H,1H3,(H2,19,24)(H,23,25)(H,20,21,22)/t7-/m0/s1. The van der Waals surface area contributed by atoms with E-state index in [0.717, 1.165) is 6.07 Å². The molecule has 0 saturated carbocycles. The second kappa shape index (κ2) is 6.48. The van der Waals surface area contributed by atoms with Gasteiger partial charge in [0.05, 0.1) is 11.6 Å². The molecule has 25 heavy (non-hydrogen) atoms.